The summed E-state index contributed by atoms with van der Waals surface area (Å²) in [4.78, 5) is 21.9. The van der Waals surface area contributed by atoms with Crippen LogP contribution in [0.5, 0.6) is 0 Å². The van der Waals surface area contributed by atoms with E-state index in [1.165, 1.54) is 10.3 Å². The number of aryl methyl sites for hydroxylation is 1. The lowest BCUT2D eigenvalue weighted by atomic mass is 10.1. The lowest BCUT2D eigenvalue weighted by Crippen LogP contribution is -2.48. The van der Waals surface area contributed by atoms with Crippen molar-refractivity contribution < 1.29 is 4.79 Å². The first-order valence-corrected chi connectivity index (χ1v) is 10.7. The number of carbonyl (C=O) groups excluding carboxylic acids is 1. The molecule has 2 aromatic carbocycles. The molecule has 0 spiro atoms. The van der Waals surface area contributed by atoms with Gasteiger partial charge < -0.3 is 9.80 Å². The molecule has 1 amide bonds. The average molecular weight is 477 g/mol. The van der Waals surface area contributed by atoms with Crippen molar-refractivity contribution in [3.05, 3.63) is 57.2 Å². The molecule has 6 heteroatoms. The van der Waals surface area contributed by atoms with E-state index in [1.807, 2.05) is 29.2 Å². The number of hydrogen-bond acceptors (Lipinski definition) is 4. The van der Waals surface area contributed by atoms with Gasteiger partial charge in [0.1, 0.15) is 0 Å². The van der Waals surface area contributed by atoms with E-state index in [4.69, 9.17) is 4.98 Å². The molecule has 1 aliphatic heterocycles. The highest BCUT2D eigenvalue weighted by Crippen LogP contribution is 2.31. The second-order valence-corrected chi connectivity index (χ2v) is 8.54. The van der Waals surface area contributed by atoms with Crippen LogP contribution in [0.4, 0.5) is 5.13 Å². The SMILES string of the molecule is CCc1cccc2sc(N3CCN(C(=O)c4ccccc4I)CC3)nc12. The first-order chi connectivity index (χ1) is 12.7. The number of halogens is 1. The van der Waals surface area contributed by atoms with Gasteiger partial charge in [-0.25, -0.2) is 4.98 Å². The number of fused-ring (bicyclic) bond motifs is 1. The summed E-state index contributed by atoms with van der Waals surface area (Å²) in [6.07, 6.45) is 0.999. The maximum Gasteiger partial charge on any atom is 0.255 e. The second kappa shape index (κ2) is 7.52. The molecule has 0 saturated carbocycles. The molecule has 134 valence electrons. The van der Waals surface area contributed by atoms with Gasteiger partial charge >= 0.3 is 0 Å². The van der Waals surface area contributed by atoms with Crippen molar-refractivity contribution in [3.8, 4) is 0 Å². The fraction of sp³-hybridized carbons (Fsp3) is 0.300. The van der Waals surface area contributed by atoms with Crippen LogP contribution in [-0.2, 0) is 6.42 Å². The van der Waals surface area contributed by atoms with Gasteiger partial charge in [-0.2, -0.15) is 0 Å². The van der Waals surface area contributed by atoms with E-state index in [1.54, 1.807) is 11.3 Å². The summed E-state index contributed by atoms with van der Waals surface area (Å²) in [6.45, 7) is 5.30. The quantitative estimate of drug-likeness (QED) is 0.524. The fourth-order valence-corrected chi connectivity index (χ4v) is 5.00. The van der Waals surface area contributed by atoms with Gasteiger partial charge in [0, 0.05) is 29.7 Å². The molecular weight excluding hydrogens is 457 g/mol. The van der Waals surface area contributed by atoms with Crippen molar-refractivity contribution in [1.29, 1.82) is 0 Å². The smallest absolute Gasteiger partial charge is 0.255 e. The van der Waals surface area contributed by atoms with Crippen LogP contribution >= 0.6 is 33.9 Å². The minimum absolute atomic E-state index is 0.132. The van der Waals surface area contributed by atoms with Crippen molar-refractivity contribution in [2.75, 3.05) is 31.1 Å². The number of amides is 1. The highest BCUT2D eigenvalue weighted by molar-refractivity contribution is 14.1. The third-order valence-corrected chi connectivity index (χ3v) is 6.84. The number of thiazole rings is 1. The topological polar surface area (TPSA) is 36.4 Å². The standard InChI is InChI=1S/C20H20IN3OS/c1-2-14-6-5-9-17-18(14)22-20(26-17)24-12-10-23(11-13-24)19(25)15-7-3-4-8-16(15)21/h3-9H,2,10-13H2,1H3. The van der Waals surface area contributed by atoms with Crippen LogP contribution in [0.3, 0.4) is 0 Å². The molecule has 0 N–H and O–H groups in total. The van der Waals surface area contributed by atoms with Gasteiger partial charge in [-0.3, -0.25) is 4.79 Å². The summed E-state index contributed by atoms with van der Waals surface area (Å²) in [5, 5.41) is 1.07. The molecule has 1 saturated heterocycles. The lowest BCUT2D eigenvalue weighted by molar-refractivity contribution is 0.0745. The molecule has 0 radical (unpaired) electrons. The van der Waals surface area contributed by atoms with Crippen molar-refractivity contribution in [2.45, 2.75) is 13.3 Å². The van der Waals surface area contributed by atoms with Crippen LogP contribution in [0.1, 0.15) is 22.8 Å². The molecule has 1 fully saturated rings. The molecule has 4 rings (SSSR count). The number of benzene rings is 2. The van der Waals surface area contributed by atoms with E-state index < -0.39 is 0 Å². The van der Waals surface area contributed by atoms with Gasteiger partial charge in [0.25, 0.3) is 5.91 Å². The van der Waals surface area contributed by atoms with E-state index in [0.717, 1.165) is 52.4 Å². The fourth-order valence-electron chi connectivity index (χ4n) is 3.32. The van der Waals surface area contributed by atoms with Crippen LogP contribution in [0.25, 0.3) is 10.2 Å². The molecule has 0 bridgehead atoms. The number of nitrogens with zero attached hydrogens (tertiary/aromatic N) is 3. The number of carbonyl (C=O) groups is 1. The normalized spacial score (nSPS) is 14.8. The molecule has 1 aromatic heterocycles. The molecule has 0 unspecified atom stereocenters. The second-order valence-electron chi connectivity index (χ2n) is 6.37. The van der Waals surface area contributed by atoms with E-state index in [9.17, 15) is 4.79 Å². The highest BCUT2D eigenvalue weighted by Gasteiger charge is 2.25. The Morgan fingerprint density at radius 2 is 1.88 bits per heavy atom. The Balaban J connectivity index is 1.49. The molecule has 3 aromatic rings. The van der Waals surface area contributed by atoms with Crippen LogP contribution < -0.4 is 4.90 Å². The third-order valence-electron chi connectivity index (χ3n) is 4.81. The molecular formula is C20H20IN3OS. The Labute approximate surface area is 171 Å². The van der Waals surface area contributed by atoms with Gasteiger partial charge in [-0.15, -0.1) is 0 Å². The Morgan fingerprint density at radius 1 is 1.12 bits per heavy atom. The lowest BCUT2D eigenvalue weighted by Gasteiger charge is -2.34. The molecule has 0 aliphatic carbocycles. The van der Waals surface area contributed by atoms with Crippen LogP contribution in [0.15, 0.2) is 42.5 Å². The molecule has 4 nitrogen and oxygen atoms in total. The molecule has 1 aliphatic rings. The molecule has 26 heavy (non-hydrogen) atoms. The Hall–Kier alpha value is -1.67. The number of hydrogen-bond donors (Lipinski definition) is 0. The van der Waals surface area contributed by atoms with Crippen molar-refractivity contribution in [3.63, 3.8) is 0 Å². The Kier molecular flexibility index (Phi) is 5.13. The number of rotatable bonds is 3. The van der Waals surface area contributed by atoms with Gasteiger partial charge in [-0.05, 0) is 52.8 Å². The van der Waals surface area contributed by atoms with Crippen LogP contribution in [-0.4, -0.2) is 42.0 Å². The zero-order chi connectivity index (χ0) is 18.1. The maximum absolute atomic E-state index is 12.8. The monoisotopic (exact) mass is 477 g/mol. The Morgan fingerprint density at radius 3 is 2.62 bits per heavy atom. The largest absolute Gasteiger partial charge is 0.345 e. The van der Waals surface area contributed by atoms with Gasteiger partial charge in [0.15, 0.2) is 5.13 Å². The highest BCUT2D eigenvalue weighted by atomic mass is 127. The molecule has 0 atom stereocenters. The summed E-state index contributed by atoms with van der Waals surface area (Å²) in [6, 6.07) is 14.2. The summed E-state index contributed by atoms with van der Waals surface area (Å²) >= 11 is 3.99. The van der Waals surface area contributed by atoms with E-state index in [-0.39, 0.29) is 5.91 Å². The number of aromatic nitrogens is 1. The van der Waals surface area contributed by atoms with E-state index >= 15 is 0 Å². The first kappa shape index (κ1) is 17.7. The zero-order valence-corrected chi connectivity index (χ0v) is 17.6. The number of para-hydroxylation sites is 1. The summed E-state index contributed by atoms with van der Waals surface area (Å²) in [7, 11) is 0. The minimum Gasteiger partial charge on any atom is -0.345 e. The predicted octanol–water partition coefficient (Wildman–Crippen LogP) is 4.43. The summed E-state index contributed by atoms with van der Waals surface area (Å²) in [5.41, 5.74) is 3.24. The first-order valence-electron chi connectivity index (χ1n) is 8.84. The average Bonchev–Trinajstić information content (AvgIpc) is 3.12. The van der Waals surface area contributed by atoms with Crippen molar-refractivity contribution in [1.82, 2.24) is 9.88 Å². The Bertz CT molecular complexity index is 947. The maximum atomic E-state index is 12.8. The predicted molar refractivity (Wildman–Crippen MR) is 116 cm³/mol. The zero-order valence-electron chi connectivity index (χ0n) is 14.6. The molecule has 2 heterocycles. The van der Waals surface area contributed by atoms with Gasteiger partial charge in [0.2, 0.25) is 0 Å². The van der Waals surface area contributed by atoms with Gasteiger partial charge in [-0.1, -0.05) is 42.5 Å². The summed E-state index contributed by atoms with van der Waals surface area (Å²) < 4.78 is 2.26. The minimum atomic E-state index is 0.132. The van der Waals surface area contributed by atoms with Gasteiger partial charge in [0.05, 0.1) is 15.8 Å². The van der Waals surface area contributed by atoms with Crippen molar-refractivity contribution >= 4 is 55.2 Å². The van der Waals surface area contributed by atoms with E-state index in [0.29, 0.717) is 0 Å². The third kappa shape index (κ3) is 3.32. The van der Waals surface area contributed by atoms with Crippen LogP contribution in [0, 0.1) is 3.57 Å². The summed E-state index contributed by atoms with van der Waals surface area (Å²) in [5.74, 6) is 0.132. The van der Waals surface area contributed by atoms with E-state index in [2.05, 4.69) is 52.6 Å². The van der Waals surface area contributed by atoms with Crippen LogP contribution in [0.2, 0.25) is 0 Å². The number of piperazine rings is 1. The number of anilines is 1. The van der Waals surface area contributed by atoms with Crippen molar-refractivity contribution in [2.24, 2.45) is 0 Å².